The first kappa shape index (κ1) is 12.5. The third-order valence-electron chi connectivity index (χ3n) is 2.71. The molecule has 0 aromatic carbocycles. The van der Waals surface area contributed by atoms with Crippen LogP contribution in [0.15, 0.2) is 0 Å². The standard InChI is InChI=1S/C11H21NO3/c1-3-7-15-8-6-12-5-4-10(9-12)11(13)14-2/h10H,3-9H2,1-2H3. The monoisotopic (exact) mass is 215 g/mol. The fourth-order valence-electron chi connectivity index (χ4n) is 1.83. The molecule has 0 N–H and O–H groups in total. The van der Waals surface area contributed by atoms with Crippen LogP contribution in [0.3, 0.4) is 0 Å². The average Bonchev–Trinajstić information content (AvgIpc) is 2.72. The predicted octanol–water partition coefficient (Wildman–Crippen LogP) is 0.908. The summed E-state index contributed by atoms with van der Waals surface area (Å²) in [5, 5.41) is 0. The van der Waals surface area contributed by atoms with Gasteiger partial charge in [-0.1, -0.05) is 6.92 Å². The quantitative estimate of drug-likeness (QED) is 0.487. The molecule has 1 fully saturated rings. The summed E-state index contributed by atoms with van der Waals surface area (Å²) in [6, 6.07) is 0. The molecule has 0 spiro atoms. The molecule has 1 saturated heterocycles. The van der Waals surface area contributed by atoms with Gasteiger partial charge in [0, 0.05) is 19.7 Å². The molecule has 1 rings (SSSR count). The second kappa shape index (κ2) is 6.80. The minimum atomic E-state index is -0.0769. The highest BCUT2D eigenvalue weighted by atomic mass is 16.5. The summed E-state index contributed by atoms with van der Waals surface area (Å²) in [5.41, 5.74) is 0. The lowest BCUT2D eigenvalue weighted by molar-refractivity contribution is -0.144. The molecule has 0 amide bonds. The highest BCUT2D eigenvalue weighted by Crippen LogP contribution is 2.16. The highest BCUT2D eigenvalue weighted by Gasteiger charge is 2.28. The summed E-state index contributed by atoms with van der Waals surface area (Å²) in [7, 11) is 1.45. The molecule has 0 aliphatic carbocycles. The average molecular weight is 215 g/mol. The van der Waals surface area contributed by atoms with Crippen LogP contribution >= 0.6 is 0 Å². The van der Waals surface area contributed by atoms with Gasteiger partial charge in [0.25, 0.3) is 0 Å². The van der Waals surface area contributed by atoms with Crippen LogP contribution in [0.4, 0.5) is 0 Å². The predicted molar refractivity (Wildman–Crippen MR) is 57.7 cm³/mol. The number of carbonyl (C=O) groups excluding carboxylic acids is 1. The molecule has 1 aliphatic rings. The van der Waals surface area contributed by atoms with Gasteiger partial charge in [-0.3, -0.25) is 4.79 Å². The van der Waals surface area contributed by atoms with Crippen LogP contribution in [0.2, 0.25) is 0 Å². The minimum Gasteiger partial charge on any atom is -0.469 e. The Bertz CT molecular complexity index is 196. The molecule has 0 radical (unpaired) electrons. The number of nitrogens with zero attached hydrogens (tertiary/aromatic N) is 1. The van der Waals surface area contributed by atoms with Gasteiger partial charge < -0.3 is 14.4 Å². The molecule has 1 heterocycles. The first-order chi connectivity index (χ1) is 7.27. The summed E-state index contributed by atoms with van der Waals surface area (Å²) in [6.45, 7) is 6.42. The van der Waals surface area contributed by atoms with Crippen LogP contribution in [0, 0.1) is 5.92 Å². The summed E-state index contributed by atoms with van der Waals surface area (Å²) < 4.78 is 10.1. The van der Waals surface area contributed by atoms with Crippen molar-refractivity contribution in [3.05, 3.63) is 0 Å². The van der Waals surface area contributed by atoms with E-state index in [1.807, 2.05) is 0 Å². The lowest BCUT2D eigenvalue weighted by Crippen LogP contribution is -2.27. The molecule has 4 nitrogen and oxygen atoms in total. The van der Waals surface area contributed by atoms with E-state index in [9.17, 15) is 4.79 Å². The van der Waals surface area contributed by atoms with Crippen molar-refractivity contribution in [2.45, 2.75) is 19.8 Å². The lowest BCUT2D eigenvalue weighted by atomic mass is 10.1. The van der Waals surface area contributed by atoms with Crippen molar-refractivity contribution in [3.8, 4) is 0 Å². The van der Waals surface area contributed by atoms with Crippen LogP contribution in [0.5, 0.6) is 0 Å². The Balaban J connectivity index is 2.11. The third-order valence-corrected chi connectivity index (χ3v) is 2.71. The molecule has 1 atom stereocenters. The zero-order valence-electron chi connectivity index (χ0n) is 9.70. The van der Waals surface area contributed by atoms with Gasteiger partial charge in [0.1, 0.15) is 0 Å². The van der Waals surface area contributed by atoms with Gasteiger partial charge >= 0.3 is 5.97 Å². The highest BCUT2D eigenvalue weighted by molar-refractivity contribution is 5.72. The Kier molecular flexibility index (Phi) is 5.65. The van der Waals surface area contributed by atoms with Crippen LogP contribution < -0.4 is 0 Å². The Morgan fingerprint density at radius 3 is 2.93 bits per heavy atom. The first-order valence-electron chi connectivity index (χ1n) is 5.65. The second-order valence-electron chi connectivity index (χ2n) is 3.92. The van der Waals surface area contributed by atoms with E-state index in [0.717, 1.165) is 45.7 Å². The molecule has 0 aromatic rings. The number of likely N-dealkylation sites (tertiary alicyclic amines) is 1. The van der Waals surface area contributed by atoms with Gasteiger partial charge in [0.2, 0.25) is 0 Å². The van der Waals surface area contributed by atoms with Crippen molar-refractivity contribution < 1.29 is 14.3 Å². The summed E-state index contributed by atoms with van der Waals surface area (Å²) in [6.07, 6.45) is 1.98. The van der Waals surface area contributed by atoms with Crippen molar-refractivity contribution in [2.24, 2.45) is 5.92 Å². The zero-order chi connectivity index (χ0) is 11.1. The van der Waals surface area contributed by atoms with Crippen LogP contribution in [0.1, 0.15) is 19.8 Å². The van der Waals surface area contributed by atoms with E-state index in [1.54, 1.807) is 0 Å². The van der Waals surface area contributed by atoms with Crippen molar-refractivity contribution in [2.75, 3.05) is 40.0 Å². The zero-order valence-corrected chi connectivity index (χ0v) is 9.70. The maximum absolute atomic E-state index is 11.3. The van der Waals surface area contributed by atoms with E-state index in [2.05, 4.69) is 11.8 Å². The number of carbonyl (C=O) groups is 1. The van der Waals surface area contributed by atoms with Gasteiger partial charge in [-0.05, 0) is 19.4 Å². The van der Waals surface area contributed by atoms with Gasteiger partial charge in [-0.2, -0.15) is 0 Å². The Hall–Kier alpha value is -0.610. The molecule has 0 bridgehead atoms. The first-order valence-corrected chi connectivity index (χ1v) is 5.65. The Morgan fingerprint density at radius 2 is 2.27 bits per heavy atom. The molecule has 1 aliphatic heterocycles. The van der Waals surface area contributed by atoms with E-state index < -0.39 is 0 Å². The molecule has 88 valence electrons. The smallest absolute Gasteiger partial charge is 0.310 e. The molecular weight excluding hydrogens is 194 g/mol. The number of rotatable bonds is 6. The third kappa shape index (κ3) is 4.18. The topological polar surface area (TPSA) is 38.8 Å². The SMILES string of the molecule is CCCOCCN1CCC(C(=O)OC)C1. The summed E-state index contributed by atoms with van der Waals surface area (Å²) >= 11 is 0. The summed E-state index contributed by atoms with van der Waals surface area (Å²) in [4.78, 5) is 13.5. The van der Waals surface area contributed by atoms with Crippen molar-refractivity contribution in [1.29, 1.82) is 0 Å². The molecule has 1 unspecified atom stereocenters. The van der Waals surface area contributed by atoms with Crippen LogP contribution in [-0.2, 0) is 14.3 Å². The van der Waals surface area contributed by atoms with Gasteiger partial charge in [-0.15, -0.1) is 0 Å². The van der Waals surface area contributed by atoms with E-state index in [-0.39, 0.29) is 11.9 Å². The number of hydrogen-bond acceptors (Lipinski definition) is 4. The molecule has 0 saturated carbocycles. The largest absolute Gasteiger partial charge is 0.469 e. The molecular formula is C11H21NO3. The normalized spacial score (nSPS) is 21.9. The Labute approximate surface area is 91.5 Å². The van der Waals surface area contributed by atoms with Gasteiger partial charge in [-0.25, -0.2) is 0 Å². The molecule has 15 heavy (non-hydrogen) atoms. The fraction of sp³-hybridized carbons (Fsp3) is 0.909. The van der Waals surface area contributed by atoms with E-state index >= 15 is 0 Å². The van der Waals surface area contributed by atoms with Crippen molar-refractivity contribution >= 4 is 5.97 Å². The maximum atomic E-state index is 11.3. The van der Waals surface area contributed by atoms with Crippen LogP contribution in [-0.4, -0.2) is 50.8 Å². The lowest BCUT2D eigenvalue weighted by Gasteiger charge is -2.15. The van der Waals surface area contributed by atoms with E-state index in [0.29, 0.717) is 0 Å². The van der Waals surface area contributed by atoms with Gasteiger partial charge in [0.15, 0.2) is 0 Å². The van der Waals surface area contributed by atoms with E-state index in [1.165, 1.54) is 7.11 Å². The second-order valence-corrected chi connectivity index (χ2v) is 3.92. The number of hydrogen-bond donors (Lipinski definition) is 0. The van der Waals surface area contributed by atoms with E-state index in [4.69, 9.17) is 9.47 Å². The molecule has 4 heteroatoms. The number of ether oxygens (including phenoxy) is 2. The van der Waals surface area contributed by atoms with Crippen molar-refractivity contribution in [3.63, 3.8) is 0 Å². The maximum Gasteiger partial charge on any atom is 0.310 e. The Morgan fingerprint density at radius 1 is 1.47 bits per heavy atom. The number of methoxy groups -OCH3 is 1. The fourth-order valence-corrected chi connectivity index (χ4v) is 1.83. The van der Waals surface area contributed by atoms with Gasteiger partial charge in [0.05, 0.1) is 19.6 Å². The summed E-state index contributed by atoms with van der Waals surface area (Å²) in [5.74, 6) is -0.00634. The number of esters is 1. The minimum absolute atomic E-state index is 0.0705. The molecule has 0 aromatic heterocycles. The van der Waals surface area contributed by atoms with Crippen LogP contribution in [0.25, 0.3) is 0 Å². The van der Waals surface area contributed by atoms with Crippen molar-refractivity contribution in [1.82, 2.24) is 4.90 Å².